The Balaban J connectivity index is 1.03. The van der Waals surface area contributed by atoms with Crippen molar-refractivity contribution in [3.8, 4) is 22.8 Å². The number of hydrogen-bond acceptors (Lipinski definition) is 9. The van der Waals surface area contributed by atoms with E-state index in [-0.39, 0.29) is 24.4 Å². The van der Waals surface area contributed by atoms with Gasteiger partial charge in [0.15, 0.2) is 5.65 Å². The minimum atomic E-state index is -0.669. The predicted octanol–water partition coefficient (Wildman–Crippen LogP) is 3.48. The highest BCUT2D eigenvalue weighted by Gasteiger charge is 2.34. The van der Waals surface area contributed by atoms with E-state index in [1.165, 1.54) is 6.33 Å². The van der Waals surface area contributed by atoms with Crippen LogP contribution < -0.4 is 21.1 Å². The summed E-state index contributed by atoms with van der Waals surface area (Å²) >= 11 is 0. The van der Waals surface area contributed by atoms with Crippen LogP contribution in [0.4, 0.5) is 10.6 Å². The monoisotopic (exact) mass is 623 g/mol. The number of nitrogens with two attached hydrogens (primary N) is 1. The van der Waals surface area contributed by atoms with E-state index in [0.717, 1.165) is 72.6 Å². The fourth-order valence-corrected chi connectivity index (χ4v) is 6.78. The van der Waals surface area contributed by atoms with E-state index >= 15 is 0 Å². The van der Waals surface area contributed by atoms with Crippen molar-refractivity contribution >= 4 is 34.7 Å². The summed E-state index contributed by atoms with van der Waals surface area (Å²) in [5, 5.41) is 10.9. The summed E-state index contributed by atoms with van der Waals surface area (Å²) in [6.45, 7) is 3.01. The van der Waals surface area contributed by atoms with E-state index in [1.807, 2.05) is 59.3 Å². The van der Waals surface area contributed by atoms with Crippen LogP contribution in [0.3, 0.4) is 0 Å². The number of carbonyl (C=O) groups excluding carboxylic acids is 3. The number of ether oxygens (including phenoxy) is 1. The molecule has 46 heavy (non-hydrogen) atoms. The maximum absolute atomic E-state index is 12.9. The molecule has 0 bridgehead atoms. The third-order valence-electron chi connectivity index (χ3n) is 9.20. The maximum Gasteiger partial charge on any atom is 0.318 e. The lowest BCUT2D eigenvalue weighted by atomic mass is 9.98. The number of imide groups is 1. The number of benzene rings is 2. The standard InChI is InChI=1S/C33H37N9O4/c34-30-28-29(21-8-10-25(11-9-21)46-24-6-2-1-3-7-24)39-42(31(28)36-20-35-30)23-5-4-16-41(19-23)22-14-17-40(18-15-22)33(45)37-26-12-13-27(43)38-32(26)44/h1-3,6-11,20,22-23,26H,4-5,12-19H2,(H,37,45)(H2,34,35,36)(H,38,43,44). The number of likely N-dealkylation sites (tertiary alicyclic amines) is 2. The van der Waals surface area contributed by atoms with Gasteiger partial charge in [-0.15, -0.1) is 0 Å². The first-order valence-electron chi connectivity index (χ1n) is 15.9. The minimum Gasteiger partial charge on any atom is -0.457 e. The van der Waals surface area contributed by atoms with Crippen molar-refractivity contribution in [3.63, 3.8) is 0 Å². The van der Waals surface area contributed by atoms with Crippen molar-refractivity contribution in [3.05, 3.63) is 60.9 Å². The lowest BCUT2D eigenvalue weighted by molar-refractivity contribution is -0.134. The molecule has 3 aliphatic rings. The van der Waals surface area contributed by atoms with E-state index in [0.29, 0.717) is 31.4 Å². The van der Waals surface area contributed by atoms with Crippen molar-refractivity contribution < 1.29 is 19.1 Å². The summed E-state index contributed by atoms with van der Waals surface area (Å²) in [5.41, 5.74) is 8.78. The molecular formula is C33H37N9O4. The van der Waals surface area contributed by atoms with Gasteiger partial charge in [-0.05, 0) is 75.0 Å². The Labute approximate surface area is 266 Å². The average Bonchev–Trinajstić information content (AvgIpc) is 3.48. The Morgan fingerprint density at radius 1 is 0.913 bits per heavy atom. The van der Waals surface area contributed by atoms with E-state index in [4.69, 9.17) is 15.6 Å². The number of aromatic nitrogens is 4. The zero-order valence-electron chi connectivity index (χ0n) is 25.5. The first kappa shape index (κ1) is 29.7. The number of fused-ring (bicyclic) bond motifs is 1. The van der Waals surface area contributed by atoms with Crippen LogP contribution in [-0.2, 0) is 9.59 Å². The molecule has 0 aliphatic carbocycles. The number of piperidine rings is 3. The van der Waals surface area contributed by atoms with Gasteiger partial charge in [0.1, 0.15) is 35.4 Å². The molecule has 238 valence electrons. The molecule has 7 rings (SSSR count). The summed E-state index contributed by atoms with van der Waals surface area (Å²) in [7, 11) is 0. The van der Waals surface area contributed by atoms with Crippen molar-refractivity contribution in [1.29, 1.82) is 0 Å². The van der Waals surface area contributed by atoms with Gasteiger partial charge in [-0.25, -0.2) is 19.4 Å². The number of nitrogens with zero attached hydrogens (tertiary/aromatic N) is 6. The van der Waals surface area contributed by atoms with Crippen LogP contribution in [-0.4, -0.2) is 85.7 Å². The highest BCUT2D eigenvalue weighted by molar-refractivity contribution is 6.01. The molecule has 13 nitrogen and oxygen atoms in total. The maximum atomic E-state index is 12.9. The second-order valence-corrected chi connectivity index (χ2v) is 12.2. The Morgan fingerprint density at radius 2 is 1.67 bits per heavy atom. The van der Waals surface area contributed by atoms with E-state index in [1.54, 1.807) is 4.90 Å². The van der Waals surface area contributed by atoms with Gasteiger partial charge in [-0.1, -0.05) is 18.2 Å². The number of nitrogen functional groups attached to an aromatic ring is 1. The number of rotatable bonds is 6. The summed E-state index contributed by atoms with van der Waals surface area (Å²) < 4.78 is 8.00. The fraction of sp³-hybridized carbons (Fsp3) is 0.394. The van der Waals surface area contributed by atoms with Crippen LogP contribution in [0.2, 0.25) is 0 Å². The molecule has 2 atom stereocenters. The number of anilines is 1. The lowest BCUT2D eigenvalue weighted by Gasteiger charge is -2.42. The molecule has 4 amide bonds. The van der Waals surface area contributed by atoms with Gasteiger partial charge >= 0.3 is 6.03 Å². The SMILES string of the molecule is Nc1ncnc2c1c(-c1ccc(Oc3ccccc3)cc1)nn2C1CCCN(C2CCN(C(=O)NC3CCC(=O)NC3=O)CC2)C1. The lowest BCUT2D eigenvalue weighted by Crippen LogP contribution is -2.57. The van der Waals surface area contributed by atoms with Crippen molar-refractivity contribution in [2.45, 2.75) is 56.7 Å². The van der Waals surface area contributed by atoms with Crippen LogP contribution in [0.15, 0.2) is 60.9 Å². The molecule has 5 heterocycles. The van der Waals surface area contributed by atoms with Gasteiger partial charge in [0.2, 0.25) is 11.8 Å². The molecule has 4 N–H and O–H groups in total. The Kier molecular flexibility index (Phi) is 8.22. The molecule has 0 radical (unpaired) electrons. The zero-order valence-corrected chi connectivity index (χ0v) is 25.5. The Hall–Kier alpha value is -5.04. The molecule has 3 fully saturated rings. The highest BCUT2D eigenvalue weighted by Crippen LogP contribution is 2.35. The smallest absolute Gasteiger partial charge is 0.318 e. The second-order valence-electron chi connectivity index (χ2n) is 12.2. The van der Waals surface area contributed by atoms with Crippen LogP contribution in [0, 0.1) is 0 Å². The summed E-state index contributed by atoms with van der Waals surface area (Å²) in [4.78, 5) is 49.6. The Morgan fingerprint density at radius 3 is 2.43 bits per heavy atom. The van der Waals surface area contributed by atoms with Gasteiger partial charge in [-0.3, -0.25) is 19.8 Å². The first-order chi connectivity index (χ1) is 22.4. The molecule has 2 aromatic heterocycles. The third kappa shape index (κ3) is 6.10. The molecule has 3 saturated heterocycles. The van der Waals surface area contributed by atoms with Crippen LogP contribution in [0.5, 0.6) is 11.5 Å². The van der Waals surface area contributed by atoms with Gasteiger partial charge in [-0.2, -0.15) is 5.10 Å². The second kappa shape index (κ2) is 12.8. The minimum absolute atomic E-state index is 0.105. The fourth-order valence-electron chi connectivity index (χ4n) is 6.78. The van der Waals surface area contributed by atoms with Gasteiger partial charge in [0.25, 0.3) is 0 Å². The van der Waals surface area contributed by atoms with Gasteiger partial charge in [0.05, 0.1) is 11.4 Å². The van der Waals surface area contributed by atoms with E-state index in [2.05, 4.69) is 25.5 Å². The molecule has 13 heteroatoms. The predicted molar refractivity (Wildman–Crippen MR) is 171 cm³/mol. The largest absolute Gasteiger partial charge is 0.457 e. The van der Waals surface area contributed by atoms with Crippen molar-refractivity contribution in [2.75, 3.05) is 31.9 Å². The average molecular weight is 624 g/mol. The van der Waals surface area contributed by atoms with Crippen molar-refractivity contribution in [1.82, 2.24) is 40.2 Å². The Bertz CT molecular complexity index is 1740. The van der Waals surface area contributed by atoms with Crippen molar-refractivity contribution in [2.24, 2.45) is 0 Å². The number of urea groups is 1. The van der Waals surface area contributed by atoms with Crippen LogP contribution in [0.1, 0.15) is 44.6 Å². The summed E-state index contributed by atoms with van der Waals surface area (Å²) in [5.74, 6) is 1.16. The quantitative estimate of drug-likeness (QED) is 0.273. The highest BCUT2D eigenvalue weighted by atomic mass is 16.5. The number of nitrogens with one attached hydrogen (secondary N) is 2. The van der Waals surface area contributed by atoms with Gasteiger partial charge < -0.3 is 20.7 Å². The molecule has 0 spiro atoms. The van der Waals surface area contributed by atoms with Gasteiger partial charge in [0, 0.05) is 37.7 Å². The number of amides is 4. The normalized spacial score (nSPS) is 21.3. The van der Waals surface area contributed by atoms with Crippen LogP contribution >= 0.6 is 0 Å². The first-order valence-corrected chi connectivity index (χ1v) is 15.9. The van der Waals surface area contributed by atoms with Crippen LogP contribution in [0.25, 0.3) is 22.3 Å². The number of para-hydroxylation sites is 1. The molecule has 3 aliphatic heterocycles. The van der Waals surface area contributed by atoms with E-state index < -0.39 is 11.9 Å². The molecule has 4 aromatic rings. The molecule has 2 aromatic carbocycles. The number of carbonyl (C=O) groups is 3. The van der Waals surface area contributed by atoms with E-state index in [9.17, 15) is 14.4 Å². The number of hydrogen-bond donors (Lipinski definition) is 3. The summed E-state index contributed by atoms with van der Waals surface area (Å²) in [6.07, 6.45) is 5.72. The molecular weight excluding hydrogens is 586 g/mol. The zero-order chi connectivity index (χ0) is 31.6. The molecule has 2 unspecified atom stereocenters. The molecule has 0 saturated carbocycles. The topological polar surface area (TPSA) is 161 Å². The third-order valence-corrected chi connectivity index (χ3v) is 9.20. The summed E-state index contributed by atoms with van der Waals surface area (Å²) in [6, 6.07) is 17.0.